The summed E-state index contributed by atoms with van der Waals surface area (Å²) in [6, 6.07) is 10.7. The molecule has 1 N–H and O–H groups in total. The molecule has 4 nitrogen and oxygen atoms in total. The van der Waals surface area contributed by atoms with Crippen LogP contribution in [0.2, 0.25) is 0 Å². The number of nitriles is 1. The van der Waals surface area contributed by atoms with Crippen molar-refractivity contribution in [1.82, 2.24) is 5.43 Å². The van der Waals surface area contributed by atoms with Crippen molar-refractivity contribution < 1.29 is 13.6 Å². The molecule has 2 aromatic carbocycles. The van der Waals surface area contributed by atoms with Crippen molar-refractivity contribution in [3.63, 3.8) is 0 Å². The third-order valence-electron chi connectivity index (χ3n) is 2.59. The summed E-state index contributed by atoms with van der Waals surface area (Å²) in [5.41, 5.74) is 2.64. The molecule has 21 heavy (non-hydrogen) atoms. The molecule has 0 aliphatic carbocycles. The lowest BCUT2D eigenvalue weighted by Crippen LogP contribution is -2.19. The summed E-state index contributed by atoms with van der Waals surface area (Å²) in [6.45, 7) is 0. The van der Waals surface area contributed by atoms with Gasteiger partial charge < -0.3 is 0 Å². The standard InChI is InChI=1S/C15H9F2N3O/c16-12-4-1-10(2-5-12)9-19-20-15(21)13-6-3-11(8-18)7-14(13)17/h1-7,9H,(H,20,21)/b19-9-. The van der Waals surface area contributed by atoms with Gasteiger partial charge in [-0.2, -0.15) is 10.4 Å². The van der Waals surface area contributed by atoms with Crippen LogP contribution in [0.15, 0.2) is 47.6 Å². The summed E-state index contributed by atoms with van der Waals surface area (Å²) < 4.78 is 26.3. The number of carbonyl (C=O) groups excluding carboxylic acids is 1. The summed E-state index contributed by atoms with van der Waals surface area (Å²) in [7, 11) is 0. The summed E-state index contributed by atoms with van der Waals surface area (Å²) in [4.78, 5) is 11.7. The molecule has 0 radical (unpaired) electrons. The summed E-state index contributed by atoms with van der Waals surface area (Å²) >= 11 is 0. The number of halogens is 2. The molecule has 0 unspecified atom stereocenters. The molecule has 0 atom stereocenters. The van der Waals surface area contributed by atoms with Crippen molar-refractivity contribution >= 4 is 12.1 Å². The Morgan fingerprint density at radius 2 is 1.90 bits per heavy atom. The van der Waals surface area contributed by atoms with E-state index < -0.39 is 11.7 Å². The van der Waals surface area contributed by atoms with Gasteiger partial charge in [0.15, 0.2) is 0 Å². The average Bonchev–Trinajstić information content (AvgIpc) is 2.49. The average molecular weight is 285 g/mol. The van der Waals surface area contributed by atoms with Gasteiger partial charge in [-0.3, -0.25) is 4.79 Å². The van der Waals surface area contributed by atoms with Crippen LogP contribution in [0.5, 0.6) is 0 Å². The summed E-state index contributed by atoms with van der Waals surface area (Å²) in [5, 5.41) is 12.3. The zero-order valence-corrected chi connectivity index (χ0v) is 10.7. The molecule has 0 aliphatic rings. The Labute approximate surface area is 119 Å². The Balaban J connectivity index is 2.05. The molecule has 0 bridgehead atoms. The van der Waals surface area contributed by atoms with E-state index in [-0.39, 0.29) is 16.9 Å². The van der Waals surface area contributed by atoms with Crippen LogP contribution in [-0.2, 0) is 0 Å². The molecule has 1 amide bonds. The van der Waals surface area contributed by atoms with Gasteiger partial charge in [0.1, 0.15) is 11.6 Å². The fraction of sp³-hybridized carbons (Fsp3) is 0. The number of rotatable bonds is 3. The van der Waals surface area contributed by atoms with Gasteiger partial charge in [-0.1, -0.05) is 12.1 Å². The Morgan fingerprint density at radius 1 is 1.19 bits per heavy atom. The first-order valence-electron chi connectivity index (χ1n) is 5.89. The van der Waals surface area contributed by atoms with E-state index in [1.165, 1.54) is 42.6 Å². The minimum absolute atomic E-state index is 0.124. The molecular weight excluding hydrogens is 276 g/mol. The molecule has 0 heterocycles. The number of carbonyl (C=O) groups is 1. The highest BCUT2D eigenvalue weighted by Gasteiger charge is 2.11. The van der Waals surface area contributed by atoms with Gasteiger partial charge in [-0.15, -0.1) is 0 Å². The highest BCUT2D eigenvalue weighted by Crippen LogP contribution is 2.09. The molecule has 0 saturated heterocycles. The molecule has 0 aliphatic heterocycles. The lowest BCUT2D eigenvalue weighted by Gasteiger charge is -2.01. The quantitative estimate of drug-likeness (QED) is 0.696. The topological polar surface area (TPSA) is 65.2 Å². The predicted octanol–water partition coefficient (Wildman–Crippen LogP) is 2.60. The van der Waals surface area contributed by atoms with Gasteiger partial charge in [0.25, 0.3) is 5.91 Å². The van der Waals surface area contributed by atoms with Gasteiger partial charge in [-0.25, -0.2) is 14.2 Å². The van der Waals surface area contributed by atoms with Crippen LogP contribution in [0.3, 0.4) is 0 Å². The van der Waals surface area contributed by atoms with E-state index in [4.69, 9.17) is 5.26 Å². The molecule has 104 valence electrons. The fourth-order valence-electron chi connectivity index (χ4n) is 1.54. The van der Waals surface area contributed by atoms with E-state index in [1.54, 1.807) is 6.07 Å². The lowest BCUT2D eigenvalue weighted by atomic mass is 10.1. The Morgan fingerprint density at radius 3 is 2.52 bits per heavy atom. The third-order valence-corrected chi connectivity index (χ3v) is 2.59. The van der Waals surface area contributed by atoms with Crippen molar-refractivity contribution in [3.05, 3.63) is 70.8 Å². The zero-order chi connectivity index (χ0) is 15.2. The Kier molecular flexibility index (Phi) is 4.36. The van der Waals surface area contributed by atoms with Crippen molar-refractivity contribution in [1.29, 1.82) is 5.26 Å². The van der Waals surface area contributed by atoms with E-state index in [0.29, 0.717) is 5.56 Å². The first kappa shape index (κ1) is 14.3. The van der Waals surface area contributed by atoms with Gasteiger partial charge in [0.05, 0.1) is 23.4 Å². The van der Waals surface area contributed by atoms with Crippen LogP contribution < -0.4 is 5.43 Å². The maximum absolute atomic E-state index is 13.6. The second-order valence-electron chi connectivity index (χ2n) is 4.06. The van der Waals surface area contributed by atoms with Crippen LogP contribution in [-0.4, -0.2) is 12.1 Å². The number of benzene rings is 2. The number of hydrazone groups is 1. The largest absolute Gasteiger partial charge is 0.274 e. The minimum atomic E-state index is -0.802. The van der Waals surface area contributed by atoms with E-state index in [1.807, 2.05) is 0 Å². The fourth-order valence-corrected chi connectivity index (χ4v) is 1.54. The van der Waals surface area contributed by atoms with Gasteiger partial charge in [0, 0.05) is 0 Å². The molecule has 0 aromatic heterocycles. The molecule has 2 aromatic rings. The number of nitrogens with one attached hydrogen (secondary N) is 1. The Bertz CT molecular complexity index is 734. The Hall–Kier alpha value is -3.07. The molecule has 0 fully saturated rings. The number of hydrogen-bond donors (Lipinski definition) is 1. The van der Waals surface area contributed by atoms with E-state index in [9.17, 15) is 13.6 Å². The van der Waals surface area contributed by atoms with Crippen molar-refractivity contribution in [3.8, 4) is 6.07 Å². The first-order valence-corrected chi connectivity index (χ1v) is 5.89. The highest BCUT2D eigenvalue weighted by atomic mass is 19.1. The molecule has 0 spiro atoms. The van der Waals surface area contributed by atoms with Crippen LogP contribution in [0, 0.1) is 23.0 Å². The SMILES string of the molecule is N#Cc1ccc(C(=O)N/N=C\c2ccc(F)cc2)c(F)c1. The molecule has 0 saturated carbocycles. The van der Waals surface area contributed by atoms with Crippen molar-refractivity contribution in [2.45, 2.75) is 0 Å². The number of nitrogens with zero attached hydrogens (tertiary/aromatic N) is 2. The van der Waals surface area contributed by atoms with Crippen molar-refractivity contribution in [2.75, 3.05) is 0 Å². The van der Waals surface area contributed by atoms with Crippen LogP contribution in [0.1, 0.15) is 21.5 Å². The van der Waals surface area contributed by atoms with E-state index >= 15 is 0 Å². The molecule has 6 heteroatoms. The van der Waals surface area contributed by atoms with Crippen LogP contribution >= 0.6 is 0 Å². The number of hydrogen-bond acceptors (Lipinski definition) is 3. The van der Waals surface area contributed by atoms with E-state index in [2.05, 4.69) is 10.5 Å². The minimum Gasteiger partial charge on any atom is -0.267 e. The smallest absolute Gasteiger partial charge is 0.267 e. The normalized spacial score (nSPS) is 10.3. The summed E-state index contributed by atoms with van der Waals surface area (Å²) in [6.07, 6.45) is 1.30. The second kappa shape index (κ2) is 6.39. The van der Waals surface area contributed by atoms with Crippen molar-refractivity contribution in [2.24, 2.45) is 5.10 Å². The molecular formula is C15H9F2N3O. The third kappa shape index (κ3) is 3.70. The van der Waals surface area contributed by atoms with E-state index in [0.717, 1.165) is 6.07 Å². The lowest BCUT2D eigenvalue weighted by molar-refractivity contribution is 0.0951. The van der Waals surface area contributed by atoms with Gasteiger partial charge in [0.2, 0.25) is 0 Å². The monoisotopic (exact) mass is 285 g/mol. The highest BCUT2D eigenvalue weighted by molar-refractivity contribution is 5.95. The predicted molar refractivity (Wildman–Crippen MR) is 72.6 cm³/mol. The maximum atomic E-state index is 13.6. The maximum Gasteiger partial charge on any atom is 0.274 e. The number of amides is 1. The van der Waals surface area contributed by atoms with Gasteiger partial charge in [-0.05, 0) is 35.9 Å². The first-order chi connectivity index (χ1) is 10.1. The zero-order valence-electron chi connectivity index (χ0n) is 10.7. The second-order valence-corrected chi connectivity index (χ2v) is 4.06. The van der Waals surface area contributed by atoms with Crippen LogP contribution in [0.4, 0.5) is 8.78 Å². The molecule has 2 rings (SSSR count). The van der Waals surface area contributed by atoms with Gasteiger partial charge >= 0.3 is 0 Å². The summed E-state index contributed by atoms with van der Waals surface area (Å²) in [5.74, 6) is -1.92. The van der Waals surface area contributed by atoms with Crippen LogP contribution in [0.25, 0.3) is 0 Å².